The molecule has 0 aromatic rings. The molecule has 0 unspecified atom stereocenters. The molecule has 0 bridgehead atoms. The van der Waals surface area contributed by atoms with Crippen LogP contribution < -0.4 is 10.2 Å². The smallest absolute Gasteiger partial charge is 0.876 e. The van der Waals surface area contributed by atoms with Crippen LogP contribution in [0.3, 0.4) is 0 Å². The minimum Gasteiger partial charge on any atom is -0.876 e. The third-order valence-electron chi connectivity index (χ3n) is 0.892. The summed E-state index contributed by atoms with van der Waals surface area (Å²) in [5.41, 5.74) is 0. The molecule has 0 spiro atoms. The van der Waals surface area contributed by atoms with Gasteiger partial charge in [0, 0.05) is 12.8 Å². The summed E-state index contributed by atoms with van der Waals surface area (Å²) in [4.78, 5) is 20.0. The van der Waals surface area contributed by atoms with Crippen molar-refractivity contribution in [1.82, 2.24) is 0 Å². The summed E-state index contributed by atoms with van der Waals surface area (Å²) in [5, 5.41) is 19.8. The molecule has 5 heteroatoms. The van der Waals surface area contributed by atoms with E-state index in [0.29, 0.717) is 0 Å². The summed E-state index contributed by atoms with van der Waals surface area (Å²) in [6.45, 7) is 8.77. The van der Waals surface area contributed by atoms with E-state index < -0.39 is 0 Å². The Labute approximate surface area is 104 Å². The van der Waals surface area contributed by atoms with E-state index in [9.17, 15) is 19.8 Å². The number of carbonyl (C=O) groups excluding carboxylic acids is 2. The van der Waals surface area contributed by atoms with Crippen LogP contribution in [-0.4, -0.2) is 11.6 Å². The maximum atomic E-state index is 9.99. The van der Waals surface area contributed by atoms with Crippen LogP contribution in [0.2, 0.25) is 0 Å². The van der Waals surface area contributed by atoms with Crippen LogP contribution in [0.15, 0.2) is 24.7 Å². The van der Waals surface area contributed by atoms with Gasteiger partial charge in [0.2, 0.25) is 0 Å². The van der Waals surface area contributed by atoms with Crippen LogP contribution in [0.1, 0.15) is 26.7 Å². The van der Waals surface area contributed by atoms with Crippen molar-refractivity contribution in [3.05, 3.63) is 24.7 Å². The van der Waals surface area contributed by atoms with Gasteiger partial charge in [0.1, 0.15) is 11.6 Å². The number of hydrogen-bond acceptors (Lipinski definition) is 4. The molecule has 0 aliphatic heterocycles. The number of rotatable bonds is 4. The second-order valence-corrected chi connectivity index (χ2v) is 2.83. The molecule has 0 atom stereocenters. The summed E-state index contributed by atoms with van der Waals surface area (Å²) < 4.78 is 0. The van der Waals surface area contributed by atoms with Crippen molar-refractivity contribution in [2.75, 3.05) is 0 Å². The molecular formula is C10H14O4Pt. The Morgan fingerprint density at radius 2 is 1.13 bits per heavy atom. The van der Waals surface area contributed by atoms with Gasteiger partial charge in [0.25, 0.3) is 0 Å². The average molecular weight is 393 g/mol. The molecule has 0 aromatic heterocycles. The Morgan fingerprint density at radius 3 is 1.13 bits per heavy atom. The summed E-state index contributed by atoms with van der Waals surface area (Å²) in [7, 11) is 0. The van der Waals surface area contributed by atoms with Crippen LogP contribution in [0.4, 0.5) is 0 Å². The van der Waals surface area contributed by atoms with E-state index in [4.69, 9.17) is 0 Å². The van der Waals surface area contributed by atoms with Gasteiger partial charge in [0.15, 0.2) is 0 Å². The molecule has 15 heavy (non-hydrogen) atoms. The van der Waals surface area contributed by atoms with Crippen molar-refractivity contribution < 1.29 is 40.9 Å². The molecule has 0 amide bonds. The van der Waals surface area contributed by atoms with Crippen molar-refractivity contribution in [3.63, 3.8) is 0 Å². The second kappa shape index (κ2) is 11.2. The fourth-order valence-corrected chi connectivity index (χ4v) is 0.555. The molecule has 0 fully saturated rings. The number of hydrogen-bond donors (Lipinski definition) is 0. The molecular weight excluding hydrogens is 379 g/mol. The Balaban J connectivity index is -0.000000180. The molecule has 88 valence electrons. The normalized spacial score (nSPS) is 7.60. The van der Waals surface area contributed by atoms with E-state index in [2.05, 4.69) is 13.2 Å². The number of Topliss-reactive ketones (excluding diaryl/α,β-unsaturated/α-hetero) is 2. The largest absolute Gasteiger partial charge is 2.00 e. The first-order chi connectivity index (χ1) is 6.25. The third kappa shape index (κ3) is 32.0. The maximum absolute atomic E-state index is 9.99. The van der Waals surface area contributed by atoms with Crippen molar-refractivity contribution in [2.45, 2.75) is 26.7 Å². The maximum Gasteiger partial charge on any atom is 2.00 e. The van der Waals surface area contributed by atoms with Crippen LogP contribution in [-0.2, 0) is 30.7 Å². The van der Waals surface area contributed by atoms with E-state index in [1.807, 2.05) is 0 Å². The first-order valence-corrected chi connectivity index (χ1v) is 3.94. The zero-order valence-corrected chi connectivity index (χ0v) is 11.0. The Morgan fingerprint density at radius 1 is 0.933 bits per heavy atom. The molecule has 0 radical (unpaired) electrons. The molecule has 0 aliphatic carbocycles. The van der Waals surface area contributed by atoms with Crippen molar-refractivity contribution in [3.8, 4) is 0 Å². The number of allylic oxidation sites excluding steroid dienone is 2. The molecule has 0 N–H and O–H groups in total. The van der Waals surface area contributed by atoms with Gasteiger partial charge in [-0.2, -0.15) is 0 Å². The van der Waals surface area contributed by atoms with Crippen molar-refractivity contribution in [1.29, 1.82) is 0 Å². The summed E-state index contributed by atoms with van der Waals surface area (Å²) in [5.74, 6) is -0.875. The number of ketones is 2. The zero-order valence-electron chi connectivity index (χ0n) is 8.78. The van der Waals surface area contributed by atoms with Gasteiger partial charge in [-0.1, -0.05) is 0 Å². The molecule has 0 heterocycles. The van der Waals surface area contributed by atoms with Crippen LogP contribution in [0.5, 0.6) is 0 Å². The fourth-order valence-electron chi connectivity index (χ4n) is 0.555. The van der Waals surface area contributed by atoms with Gasteiger partial charge >= 0.3 is 21.1 Å². The topological polar surface area (TPSA) is 80.3 Å². The molecule has 0 aliphatic rings. The van der Waals surface area contributed by atoms with E-state index in [1.165, 1.54) is 13.8 Å². The first kappa shape index (κ1) is 19.6. The molecule has 4 nitrogen and oxygen atoms in total. The SMILES string of the molecule is C=C([O-])CC(C)=O.C=C([O-])CC(C)=O.[Pt+2]. The fraction of sp³-hybridized carbons (Fsp3) is 0.400. The van der Waals surface area contributed by atoms with Gasteiger partial charge in [-0.25, -0.2) is 0 Å². The zero-order chi connectivity index (χ0) is 11.7. The third-order valence-corrected chi connectivity index (χ3v) is 0.892. The van der Waals surface area contributed by atoms with Crippen molar-refractivity contribution in [2.24, 2.45) is 0 Å². The Kier molecular flexibility index (Phi) is 14.6. The van der Waals surface area contributed by atoms with E-state index >= 15 is 0 Å². The van der Waals surface area contributed by atoms with Gasteiger partial charge in [-0.05, 0) is 13.8 Å². The standard InChI is InChI=1S/2C5H8O2.Pt/c2*1-4(6)3-5(2)7;/h2*6H,1,3H2,2H3;/q;;+2/p-2. The van der Waals surface area contributed by atoms with Gasteiger partial charge < -0.3 is 10.2 Å². The average Bonchev–Trinajstić information content (AvgIpc) is 1.79. The van der Waals surface area contributed by atoms with Gasteiger partial charge in [-0.3, -0.25) is 9.59 Å². The quantitative estimate of drug-likeness (QED) is 0.613. The first-order valence-electron chi connectivity index (χ1n) is 3.94. The van der Waals surface area contributed by atoms with E-state index in [-0.39, 0.29) is 57.0 Å². The molecule has 0 rings (SSSR count). The Bertz CT molecular complexity index is 196. The minimum atomic E-state index is -0.312. The predicted molar refractivity (Wildman–Crippen MR) is 48.9 cm³/mol. The second-order valence-electron chi connectivity index (χ2n) is 2.83. The molecule has 0 saturated heterocycles. The van der Waals surface area contributed by atoms with Crippen LogP contribution in [0.25, 0.3) is 0 Å². The van der Waals surface area contributed by atoms with Crippen LogP contribution in [0, 0.1) is 0 Å². The van der Waals surface area contributed by atoms with E-state index in [1.54, 1.807) is 0 Å². The number of carbonyl (C=O) groups is 2. The summed E-state index contributed by atoms with van der Waals surface area (Å²) >= 11 is 0. The summed E-state index contributed by atoms with van der Waals surface area (Å²) in [6.07, 6.45) is -0.0556. The monoisotopic (exact) mass is 393 g/mol. The van der Waals surface area contributed by atoms with Crippen LogP contribution >= 0.6 is 0 Å². The van der Waals surface area contributed by atoms with Gasteiger partial charge in [0.05, 0.1) is 0 Å². The van der Waals surface area contributed by atoms with E-state index in [0.717, 1.165) is 0 Å². The van der Waals surface area contributed by atoms with Gasteiger partial charge in [-0.15, -0.1) is 24.7 Å². The molecule has 0 aromatic carbocycles. The summed E-state index contributed by atoms with van der Waals surface area (Å²) in [6, 6.07) is 0. The van der Waals surface area contributed by atoms with Crippen molar-refractivity contribution >= 4 is 11.6 Å². The predicted octanol–water partition coefficient (Wildman–Crippen LogP) is -0.323. The minimum absolute atomic E-state index is 0. The molecule has 0 saturated carbocycles. The Hall–Kier alpha value is -0.892.